The molecule has 39 heavy (non-hydrogen) atoms. The molecule has 0 saturated carbocycles. The van der Waals surface area contributed by atoms with Gasteiger partial charge in [-0.1, -0.05) is 72.1 Å². The summed E-state index contributed by atoms with van der Waals surface area (Å²) in [4.78, 5) is 28.5. The summed E-state index contributed by atoms with van der Waals surface area (Å²) < 4.78 is 28.6. The van der Waals surface area contributed by atoms with Crippen LogP contribution in [0, 0.1) is 0 Å². The first-order chi connectivity index (χ1) is 18.4. The van der Waals surface area contributed by atoms with E-state index in [1.54, 1.807) is 49.4 Å². The first-order valence-corrected chi connectivity index (χ1v) is 14.9. The lowest BCUT2D eigenvalue weighted by molar-refractivity contribution is -0.140. The molecule has 11 heteroatoms. The number of benzene rings is 3. The van der Waals surface area contributed by atoms with Crippen LogP contribution in [0.1, 0.15) is 32.8 Å². The molecule has 7 nitrogen and oxygen atoms in total. The minimum absolute atomic E-state index is 0.0114. The molecule has 0 radical (unpaired) electrons. The Labute approximate surface area is 244 Å². The summed E-state index contributed by atoms with van der Waals surface area (Å²) in [6, 6.07) is 18.0. The summed E-state index contributed by atoms with van der Waals surface area (Å²) in [5, 5.41) is 3.80. The largest absolute Gasteiger partial charge is 0.352 e. The quantitative estimate of drug-likeness (QED) is 0.281. The van der Waals surface area contributed by atoms with Crippen LogP contribution in [-0.4, -0.2) is 43.8 Å². The summed E-state index contributed by atoms with van der Waals surface area (Å²) in [5.41, 5.74) is 0.850. The van der Waals surface area contributed by atoms with E-state index in [0.29, 0.717) is 11.4 Å². The van der Waals surface area contributed by atoms with Crippen molar-refractivity contribution in [2.45, 2.75) is 50.7 Å². The molecule has 1 N–H and O–H groups in total. The Bertz CT molecular complexity index is 1380. The summed E-state index contributed by atoms with van der Waals surface area (Å²) >= 11 is 18.5. The molecule has 2 amide bonds. The van der Waals surface area contributed by atoms with Gasteiger partial charge in [0.1, 0.15) is 12.6 Å². The lowest BCUT2D eigenvalue weighted by Crippen LogP contribution is -2.53. The molecule has 0 bridgehead atoms. The third-order valence-electron chi connectivity index (χ3n) is 5.83. The maximum absolute atomic E-state index is 14.0. The van der Waals surface area contributed by atoms with Gasteiger partial charge in [-0.3, -0.25) is 13.9 Å². The molecular weight excluding hydrogens is 581 g/mol. The lowest BCUT2D eigenvalue weighted by Gasteiger charge is -2.33. The fraction of sp³-hybridized carbons (Fsp3) is 0.286. The predicted octanol–water partition coefficient (Wildman–Crippen LogP) is 6.17. The Morgan fingerprint density at radius 3 is 2.00 bits per heavy atom. The minimum atomic E-state index is -4.22. The standard InChI is InChI=1S/C28H30Cl3N3O4S/c1-4-26(28(36)32-19(2)3)33(17-20-10-12-21(29)13-11-20)27(35)18-34(24-15-22(30)14-23(31)16-24)39(37,38)25-8-6-5-7-9-25/h5-16,19,26H,4,17-18H2,1-3H3,(H,32,36)/t26-/m0/s1. The molecule has 0 spiro atoms. The zero-order chi connectivity index (χ0) is 28.7. The average molecular weight is 611 g/mol. The van der Waals surface area contributed by atoms with Gasteiger partial charge in [0.05, 0.1) is 10.6 Å². The zero-order valence-corrected chi connectivity index (χ0v) is 24.9. The summed E-state index contributed by atoms with van der Waals surface area (Å²) in [6.45, 7) is 4.92. The van der Waals surface area contributed by atoms with Crippen LogP contribution < -0.4 is 9.62 Å². The molecule has 0 aliphatic heterocycles. The highest BCUT2D eigenvalue weighted by Gasteiger charge is 2.34. The van der Waals surface area contributed by atoms with Crippen LogP contribution in [0.4, 0.5) is 5.69 Å². The van der Waals surface area contributed by atoms with Crippen molar-refractivity contribution >= 4 is 62.3 Å². The minimum Gasteiger partial charge on any atom is -0.352 e. The van der Waals surface area contributed by atoms with Gasteiger partial charge in [0, 0.05) is 27.7 Å². The maximum atomic E-state index is 14.0. The van der Waals surface area contributed by atoms with E-state index >= 15 is 0 Å². The van der Waals surface area contributed by atoms with Gasteiger partial charge in [0.2, 0.25) is 11.8 Å². The topological polar surface area (TPSA) is 86.8 Å². The second-order valence-electron chi connectivity index (χ2n) is 9.19. The monoisotopic (exact) mass is 609 g/mol. The number of rotatable bonds is 11. The third-order valence-corrected chi connectivity index (χ3v) is 8.30. The molecule has 3 aromatic rings. The van der Waals surface area contributed by atoms with Gasteiger partial charge in [-0.15, -0.1) is 0 Å². The van der Waals surface area contributed by atoms with Crippen LogP contribution in [0.5, 0.6) is 0 Å². The number of sulfonamides is 1. The number of nitrogens with zero attached hydrogens (tertiary/aromatic N) is 2. The Hall–Kier alpha value is -2.78. The number of amides is 2. The molecular formula is C28H30Cl3N3O4S. The van der Waals surface area contributed by atoms with Crippen molar-refractivity contribution in [2.75, 3.05) is 10.8 Å². The van der Waals surface area contributed by atoms with Crippen molar-refractivity contribution in [3.63, 3.8) is 0 Å². The van der Waals surface area contributed by atoms with Gasteiger partial charge in [0.15, 0.2) is 0 Å². The first kappa shape index (κ1) is 30.8. The SMILES string of the molecule is CC[C@@H](C(=O)NC(C)C)N(Cc1ccc(Cl)cc1)C(=O)CN(c1cc(Cl)cc(Cl)c1)S(=O)(=O)c1ccccc1. The number of carbonyl (C=O) groups excluding carboxylic acids is 2. The van der Waals surface area contributed by atoms with Gasteiger partial charge >= 0.3 is 0 Å². The Balaban J connectivity index is 2.08. The second-order valence-corrected chi connectivity index (χ2v) is 12.4. The van der Waals surface area contributed by atoms with Gasteiger partial charge in [-0.05, 0) is 68.3 Å². The Morgan fingerprint density at radius 1 is 0.872 bits per heavy atom. The highest BCUT2D eigenvalue weighted by molar-refractivity contribution is 7.92. The van der Waals surface area contributed by atoms with Gasteiger partial charge in [-0.2, -0.15) is 0 Å². The normalized spacial score (nSPS) is 12.2. The van der Waals surface area contributed by atoms with Crippen molar-refractivity contribution in [3.05, 3.63) is 93.4 Å². The highest BCUT2D eigenvalue weighted by Crippen LogP contribution is 2.30. The van der Waals surface area contributed by atoms with Gasteiger partial charge < -0.3 is 10.2 Å². The number of anilines is 1. The molecule has 1 atom stereocenters. The van der Waals surface area contributed by atoms with Gasteiger partial charge in [-0.25, -0.2) is 8.42 Å². The van der Waals surface area contributed by atoms with Crippen LogP contribution in [-0.2, 0) is 26.2 Å². The van der Waals surface area contributed by atoms with Crippen molar-refractivity contribution in [3.8, 4) is 0 Å². The van der Waals surface area contributed by atoms with Crippen molar-refractivity contribution < 1.29 is 18.0 Å². The number of hydrogen-bond donors (Lipinski definition) is 1. The zero-order valence-electron chi connectivity index (χ0n) is 21.8. The number of halogens is 3. The van der Waals surface area contributed by atoms with E-state index in [2.05, 4.69) is 5.32 Å². The average Bonchev–Trinajstić information content (AvgIpc) is 2.87. The van der Waals surface area contributed by atoms with Crippen molar-refractivity contribution in [1.29, 1.82) is 0 Å². The smallest absolute Gasteiger partial charge is 0.264 e. The molecule has 0 unspecified atom stereocenters. The highest BCUT2D eigenvalue weighted by atomic mass is 35.5. The molecule has 0 fully saturated rings. The Morgan fingerprint density at radius 2 is 1.46 bits per heavy atom. The van der Waals surface area contributed by atoms with E-state index in [0.717, 1.165) is 9.87 Å². The summed E-state index contributed by atoms with van der Waals surface area (Å²) in [6.07, 6.45) is 0.312. The van der Waals surface area contributed by atoms with E-state index in [4.69, 9.17) is 34.8 Å². The van der Waals surface area contributed by atoms with Crippen LogP contribution in [0.15, 0.2) is 77.7 Å². The lowest BCUT2D eigenvalue weighted by atomic mass is 10.1. The fourth-order valence-corrected chi connectivity index (χ4v) is 6.08. The first-order valence-electron chi connectivity index (χ1n) is 12.3. The van der Waals surface area contributed by atoms with E-state index in [-0.39, 0.29) is 39.1 Å². The van der Waals surface area contributed by atoms with Crippen molar-refractivity contribution in [1.82, 2.24) is 10.2 Å². The number of carbonyl (C=O) groups is 2. The fourth-order valence-electron chi connectivity index (χ4n) is 4.02. The summed E-state index contributed by atoms with van der Waals surface area (Å²) in [5.74, 6) is -0.913. The number of nitrogens with one attached hydrogen (secondary N) is 1. The molecule has 0 heterocycles. The predicted molar refractivity (Wildman–Crippen MR) is 157 cm³/mol. The molecule has 0 aliphatic carbocycles. The Kier molecular flexibility index (Phi) is 10.7. The molecule has 0 aromatic heterocycles. The maximum Gasteiger partial charge on any atom is 0.264 e. The van der Waals surface area contributed by atoms with Crippen LogP contribution >= 0.6 is 34.8 Å². The van der Waals surface area contributed by atoms with Crippen molar-refractivity contribution in [2.24, 2.45) is 0 Å². The van der Waals surface area contributed by atoms with Crippen LogP contribution in [0.2, 0.25) is 15.1 Å². The molecule has 3 aromatic carbocycles. The molecule has 0 aliphatic rings. The van der Waals surface area contributed by atoms with E-state index < -0.39 is 28.5 Å². The van der Waals surface area contributed by atoms with E-state index in [9.17, 15) is 18.0 Å². The van der Waals surface area contributed by atoms with E-state index in [1.807, 2.05) is 13.8 Å². The molecule has 0 saturated heterocycles. The summed E-state index contributed by atoms with van der Waals surface area (Å²) in [7, 11) is -4.22. The van der Waals surface area contributed by atoms with Crippen LogP contribution in [0.25, 0.3) is 0 Å². The van der Waals surface area contributed by atoms with Gasteiger partial charge in [0.25, 0.3) is 10.0 Å². The molecule has 3 rings (SSSR count). The second kappa shape index (κ2) is 13.5. The third kappa shape index (κ3) is 8.11. The molecule has 208 valence electrons. The van der Waals surface area contributed by atoms with Crippen LogP contribution in [0.3, 0.4) is 0 Å². The number of hydrogen-bond acceptors (Lipinski definition) is 4. The van der Waals surface area contributed by atoms with E-state index in [1.165, 1.54) is 35.2 Å².